The molecule has 0 aliphatic heterocycles. The number of aromatic nitrogens is 1. The molecule has 0 spiro atoms. The van der Waals surface area contributed by atoms with Gasteiger partial charge >= 0.3 is 0 Å². The number of anilines is 1. The van der Waals surface area contributed by atoms with Gasteiger partial charge < -0.3 is 10.2 Å². The molecule has 2 amide bonds. The fourth-order valence-electron chi connectivity index (χ4n) is 2.13. The van der Waals surface area contributed by atoms with Crippen molar-refractivity contribution in [1.29, 1.82) is 0 Å². The van der Waals surface area contributed by atoms with Gasteiger partial charge in [0.1, 0.15) is 23.0 Å². The Hall–Kier alpha value is -2.83. The van der Waals surface area contributed by atoms with Crippen LogP contribution in [-0.4, -0.2) is 34.8 Å². The second-order valence-electron chi connectivity index (χ2n) is 4.96. The van der Waals surface area contributed by atoms with Gasteiger partial charge in [0, 0.05) is 19.2 Å². The lowest BCUT2D eigenvalue weighted by atomic mass is 10.2. The standard InChI is InChI=1S/C17H17F2N3O2/c1-3-22(4-2)17(24)15-7-5-6-14(20-15)16(23)21-13-9-8-11(18)10-12(13)19/h5-10H,3-4H2,1-2H3,(H,21,23). The smallest absolute Gasteiger partial charge is 0.274 e. The Morgan fingerprint density at radius 2 is 1.75 bits per heavy atom. The van der Waals surface area contributed by atoms with Gasteiger partial charge in [0.25, 0.3) is 11.8 Å². The Morgan fingerprint density at radius 3 is 2.38 bits per heavy atom. The highest BCUT2D eigenvalue weighted by molar-refractivity contribution is 6.03. The van der Waals surface area contributed by atoms with Crippen molar-refractivity contribution in [2.75, 3.05) is 18.4 Å². The number of nitrogens with one attached hydrogen (secondary N) is 1. The molecule has 5 nitrogen and oxygen atoms in total. The molecule has 1 heterocycles. The van der Waals surface area contributed by atoms with Gasteiger partial charge in [0.2, 0.25) is 0 Å². The maximum Gasteiger partial charge on any atom is 0.274 e. The predicted molar refractivity (Wildman–Crippen MR) is 85.8 cm³/mol. The van der Waals surface area contributed by atoms with E-state index < -0.39 is 17.5 Å². The molecule has 2 rings (SSSR count). The van der Waals surface area contributed by atoms with Crippen molar-refractivity contribution in [3.05, 3.63) is 59.4 Å². The molecule has 0 saturated heterocycles. The molecule has 0 radical (unpaired) electrons. The minimum Gasteiger partial charge on any atom is -0.338 e. The van der Waals surface area contributed by atoms with Gasteiger partial charge in [-0.3, -0.25) is 9.59 Å². The van der Waals surface area contributed by atoms with Gasteiger partial charge in [0.05, 0.1) is 5.69 Å². The Labute approximate surface area is 138 Å². The number of pyridine rings is 1. The highest BCUT2D eigenvalue weighted by Gasteiger charge is 2.17. The zero-order valence-corrected chi connectivity index (χ0v) is 13.3. The molecule has 1 aromatic carbocycles. The summed E-state index contributed by atoms with van der Waals surface area (Å²) in [6, 6.07) is 7.27. The van der Waals surface area contributed by atoms with E-state index in [9.17, 15) is 18.4 Å². The number of hydrogen-bond acceptors (Lipinski definition) is 3. The average molecular weight is 333 g/mol. The van der Waals surface area contributed by atoms with E-state index in [1.807, 2.05) is 13.8 Å². The quantitative estimate of drug-likeness (QED) is 0.914. The lowest BCUT2D eigenvalue weighted by molar-refractivity contribution is 0.0767. The van der Waals surface area contributed by atoms with Crippen LogP contribution >= 0.6 is 0 Å². The second-order valence-corrected chi connectivity index (χ2v) is 4.96. The molecule has 1 N–H and O–H groups in total. The maximum absolute atomic E-state index is 13.6. The van der Waals surface area contributed by atoms with Crippen molar-refractivity contribution in [3.8, 4) is 0 Å². The van der Waals surface area contributed by atoms with E-state index in [0.29, 0.717) is 19.2 Å². The van der Waals surface area contributed by atoms with Gasteiger partial charge in [-0.1, -0.05) is 6.07 Å². The summed E-state index contributed by atoms with van der Waals surface area (Å²) in [5, 5.41) is 2.31. The molecule has 0 saturated carbocycles. The molecule has 0 fully saturated rings. The largest absolute Gasteiger partial charge is 0.338 e. The first-order valence-corrected chi connectivity index (χ1v) is 7.49. The molecule has 0 unspecified atom stereocenters. The van der Waals surface area contributed by atoms with Gasteiger partial charge in [-0.25, -0.2) is 13.8 Å². The van der Waals surface area contributed by atoms with Crippen LogP contribution in [0.1, 0.15) is 34.8 Å². The minimum absolute atomic E-state index is 0.0308. The number of carbonyl (C=O) groups excluding carboxylic acids is 2. The third kappa shape index (κ3) is 3.92. The first kappa shape index (κ1) is 17.5. The number of nitrogens with zero attached hydrogens (tertiary/aromatic N) is 2. The highest BCUT2D eigenvalue weighted by Crippen LogP contribution is 2.16. The van der Waals surface area contributed by atoms with Crippen molar-refractivity contribution in [2.24, 2.45) is 0 Å². The van der Waals surface area contributed by atoms with Crippen LogP contribution in [0.3, 0.4) is 0 Å². The summed E-state index contributed by atoms with van der Waals surface area (Å²) in [4.78, 5) is 30.0. The van der Waals surface area contributed by atoms with E-state index >= 15 is 0 Å². The molecular formula is C17H17F2N3O2. The summed E-state index contributed by atoms with van der Waals surface area (Å²) in [6.45, 7) is 4.73. The number of amides is 2. The topological polar surface area (TPSA) is 62.3 Å². The Balaban J connectivity index is 2.21. The maximum atomic E-state index is 13.6. The molecule has 126 valence electrons. The van der Waals surface area contributed by atoms with E-state index in [-0.39, 0.29) is 23.0 Å². The first-order valence-electron chi connectivity index (χ1n) is 7.49. The molecule has 0 bridgehead atoms. The molecule has 0 atom stereocenters. The highest BCUT2D eigenvalue weighted by atomic mass is 19.1. The number of hydrogen-bond donors (Lipinski definition) is 1. The Bertz CT molecular complexity index is 761. The summed E-state index contributed by atoms with van der Waals surface area (Å²) < 4.78 is 26.5. The van der Waals surface area contributed by atoms with Gasteiger partial charge in [0.15, 0.2) is 0 Å². The fraction of sp³-hybridized carbons (Fsp3) is 0.235. The molecule has 1 aromatic heterocycles. The molecule has 24 heavy (non-hydrogen) atoms. The SMILES string of the molecule is CCN(CC)C(=O)c1cccc(C(=O)Nc2ccc(F)cc2F)n1. The zero-order valence-electron chi connectivity index (χ0n) is 13.3. The van der Waals surface area contributed by atoms with E-state index in [1.165, 1.54) is 18.2 Å². The summed E-state index contributed by atoms with van der Waals surface area (Å²) in [7, 11) is 0. The van der Waals surface area contributed by atoms with Crippen LogP contribution in [0.15, 0.2) is 36.4 Å². The van der Waals surface area contributed by atoms with Crippen LogP contribution < -0.4 is 5.32 Å². The molecule has 2 aromatic rings. The summed E-state index contributed by atoms with van der Waals surface area (Å²) >= 11 is 0. The summed E-state index contributed by atoms with van der Waals surface area (Å²) in [6.07, 6.45) is 0. The lowest BCUT2D eigenvalue weighted by Gasteiger charge is -2.18. The first-order chi connectivity index (χ1) is 11.5. The third-order valence-corrected chi connectivity index (χ3v) is 3.43. The van der Waals surface area contributed by atoms with Crippen molar-refractivity contribution >= 4 is 17.5 Å². The van der Waals surface area contributed by atoms with Crippen LogP contribution in [0, 0.1) is 11.6 Å². The number of rotatable bonds is 5. The van der Waals surface area contributed by atoms with E-state index in [0.717, 1.165) is 12.1 Å². The van der Waals surface area contributed by atoms with Crippen LogP contribution in [0.25, 0.3) is 0 Å². The van der Waals surface area contributed by atoms with E-state index in [1.54, 1.807) is 4.90 Å². The van der Waals surface area contributed by atoms with Crippen molar-refractivity contribution in [2.45, 2.75) is 13.8 Å². The van der Waals surface area contributed by atoms with Crippen molar-refractivity contribution < 1.29 is 18.4 Å². The summed E-state index contributed by atoms with van der Waals surface area (Å²) in [5.41, 5.74) is -0.0636. The van der Waals surface area contributed by atoms with Crippen LogP contribution in [0.5, 0.6) is 0 Å². The monoisotopic (exact) mass is 333 g/mol. The zero-order chi connectivity index (χ0) is 17.7. The number of carbonyl (C=O) groups is 2. The molecule has 0 aliphatic carbocycles. The molecule has 0 aliphatic rings. The third-order valence-electron chi connectivity index (χ3n) is 3.43. The Kier molecular flexibility index (Phi) is 5.57. The van der Waals surface area contributed by atoms with Gasteiger partial charge in [-0.05, 0) is 38.1 Å². The average Bonchev–Trinajstić information content (AvgIpc) is 2.58. The molecule has 7 heteroatoms. The Morgan fingerprint density at radius 1 is 1.08 bits per heavy atom. The number of halogens is 2. The van der Waals surface area contributed by atoms with Crippen LogP contribution in [0.4, 0.5) is 14.5 Å². The molecular weight excluding hydrogens is 316 g/mol. The predicted octanol–water partition coefficient (Wildman–Crippen LogP) is 3.09. The normalized spacial score (nSPS) is 10.3. The fourth-order valence-corrected chi connectivity index (χ4v) is 2.13. The van der Waals surface area contributed by atoms with E-state index in [2.05, 4.69) is 10.3 Å². The van der Waals surface area contributed by atoms with Gasteiger partial charge in [-0.2, -0.15) is 0 Å². The number of benzene rings is 1. The van der Waals surface area contributed by atoms with Crippen LogP contribution in [0.2, 0.25) is 0 Å². The van der Waals surface area contributed by atoms with E-state index in [4.69, 9.17) is 0 Å². The summed E-state index contributed by atoms with van der Waals surface area (Å²) in [5.74, 6) is -2.61. The van der Waals surface area contributed by atoms with Gasteiger partial charge in [-0.15, -0.1) is 0 Å². The van der Waals surface area contributed by atoms with Crippen molar-refractivity contribution in [1.82, 2.24) is 9.88 Å². The minimum atomic E-state index is -0.890. The second kappa shape index (κ2) is 7.63. The van der Waals surface area contributed by atoms with Crippen molar-refractivity contribution in [3.63, 3.8) is 0 Å². The lowest BCUT2D eigenvalue weighted by Crippen LogP contribution is -2.31. The van der Waals surface area contributed by atoms with Crippen LogP contribution in [-0.2, 0) is 0 Å².